The van der Waals surface area contributed by atoms with Gasteiger partial charge < -0.3 is 15.0 Å². The van der Waals surface area contributed by atoms with Gasteiger partial charge in [-0.2, -0.15) is 0 Å². The van der Waals surface area contributed by atoms with Gasteiger partial charge in [0.05, 0.1) is 17.3 Å². The van der Waals surface area contributed by atoms with Gasteiger partial charge in [0.15, 0.2) is 0 Å². The molecule has 0 saturated carbocycles. The maximum atomic E-state index is 9.83. The van der Waals surface area contributed by atoms with Gasteiger partial charge in [-0.05, 0) is 29.3 Å². The molecule has 9 heteroatoms. The molecule has 0 saturated heterocycles. The molecule has 0 amide bonds. The molecule has 3 rings (SSSR count). The third-order valence-corrected chi connectivity index (χ3v) is 5.79. The van der Waals surface area contributed by atoms with Crippen molar-refractivity contribution in [1.29, 1.82) is 0 Å². The van der Waals surface area contributed by atoms with Crippen LogP contribution in [0.3, 0.4) is 0 Å². The van der Waals surface area contributed by atoms with Crippen LogP contribution in [0, 0.1) is 0 Å². The molecule has 0 aromatic heterocycles. The SMILES string of the molecule is OB1OCc2ccc(NC(=S)SCc3ccc(Cl)cc3Cl)c(Cl)c21. The molecule has 24 heavy (non-hydrogen) atoms. The summed E-state index contributed by atoms with van der Waals surface area (Å²) in [6.45, 7) is 0.352. The molecule has 0 radical (unpaired) electrons. The quantitative estimate of drug-likeness (QED) is 0.568. The maximum absolute atomic E-state index is 9.83. The van der Waals surface area contributed by atoms with Crippen LogP contribution in [0.1, 0.15) is 11.1 Å². The van der Waals surface area contributed by atoms with Crippen molar-refractivity contribution in [2.24, 2.45) is 0 Å². The third-order valence-electron chi connectivity index (χ3n) is 3.52. The predicted octanol–water partition coefficient (Wildman–Crippen LogP) is 4.49. The number of halogens is 3. The van der Waals surface area contributed by atoms with Crippen molar-refractivity contribution < 1.29 is 9.68 Å². The normalized spacial score (nSPS) is 13.1. The fraction of sp³-hybridized carbons (Fsp3) is 0.133. The Morgan fingerprint density at radius 1 is 1.29 bits per heavy atom. The highest BCUT2D eigenvalue weighted by molar-refractivity contribution is 8.22. The lowest BCUT2D eigenvalue weighted by atomic mass is 9.79. The van der Waals surface area contributed by atoms with Crippen molar-refractivity contribution in [3.05, 3.63) is 56.5 Å². The van der Waals surface area contributed by atoms with E-state index in [2.05, 4.69) is 5.32 Å². The van der Waals surface area contributed by atoms with Crippen LogP contribution in [0.5, 0.6) is 0 Å². The lowest BCUT2D eigenvalue weighted by Crippen LogP contribution is -2.29. The van der Waals surface area contributed by atoms with Gasteiger partial charge in [-0.1, -0.05) is 70.9 Å². The molecule has 2 aromatic carbocycles. The van der Waals surface area contributed by atoms with Crippen LogP contribution in [0.25, 0.3) is 0 Å². The van der Waals surface area contributed by atoms with E-state index in [0.29, 0.717) is 42.9 Å². The molecule has 1 aliphatic heterocycles. The number of rotatable bonds is 3. The minimum atomic E-state index is -0.997. The molecule has 2 N–H and O–H groups in total. The smallest absolute Gasteiger partial charge is 0.423 e. The summed E-state index contributed by atoms with van der Waals surface area (Å²) in [5, 5.41) is 14.5. The number of thiocarbonyl (C=S) groups is 1. The Labute approximate surface area is 164 Å². The monoisotopic (exact) mass is 417 g/mol. The summed E-state index contributed by atoms with van der Waals surface area (Å²) in [5.74, 6) is 0.607. The molecule has 1 heterocycles. The molecule has 0 bridgehead atoms. The highest BCUT2D eigenvalue weighted by Gasteiger charge is 2.31. The van der Waals surface area contributed by atoms with Crippen LogP contribution >= 0.6 is 58.8 Å². The number of hydrogen-bond acceptors (Lipinski definition) is 4. The standard InChI is InChI=1S/C15H11BCl3NO2S2/c17-10-3-1-9(11(18)5-10)7-24-15(23)20-12-4-2-8-6-22-16(21)13(8)14(12)19/h1-5,21H,6-7H2,(H,20,23). The Bertz CT molecular complexity index is 807. The first-order valence-electron chi connectivity index (χ1n) is 6.94. The van der Waals surface area contributed by atoms with E-state index in [1.807, 2.05) is 18.2 Å². The van der Waals surface area contributed by atoms with E-state index in [1.165, 1.54) is 11.8 Å². The van der Waals surface area contributed by atoms with Gasteiger partial charge in [0.2, 0.25) is 0 Å². The summed E-state index contributed by atoms with van der Waals surface area (Å²) >= 11 is 25.2. The first kappa shape index (κ1) is 18.3. The molecule has 0 unspecified atom stereocenters. The zero-order valence-electron chi connectivity index (χ0n) is 12.2. The van der Waals surface area contributed by atoms with E-state index >= 15 is 0 Å². The number of thioether (sulfide) groups is 1. The average Bonchev–Trinajstić information content (AvgIpc) is 2.91. The molecule has 124 valence electrons. The second-order valence-corrected chi connectivity index (χ2v) is 7.97. The second-order valence-electron chi connectivity index (χ2n) is 5.10. The van der Waals surface area contributed by atoms with Crippen LogP contribution in [0.15, 0.2) is 30.3 Å². The van der Waals surface area contributed by atoms with E-state index in [4.69, 9.17) is 51.7 Å². The van der Waals surface area contributed by atoms with E-state index in [9.17, 15) is 5.02 Å². The van der Waals surface area contributed by atoms with E-state index < -0.39 is 7.12 Å². The highest BCUT2D eigenvalue weighted by Crippen LogP contribution is 2.28. The van der Waals surface area contributed by atoms with Crippen molar-refractivity contribution in [2.75, 3.05) is 5.32 Å². The van der Waals surface area contributed by atoms with Gasteiger partial charge in [-0.15, -0.1) is 0 Å². The van der Waals surface area contributed by atoms with Gasteiger partial charge in [-0.25, -0.2) is 0 Å². The summed E-state index contributed by atoms with van der Waals surface area (Å²) in [7, 11) is -0.997. The van der Waals surface area contributed by atoms with Crippen LogP contribution in [-0.4, -0.2) is 16.5 Å². The van der Waals surface area contributed by atoms with Gasteiger partial charge in [-0.3, -0.25) is 0 Å². The van der Waals surface area contributed by atoms with Crippen LogP contribution < -0.4 is 10.8 Å². The van der Waals surface area contributed by atoms with E-state index in [-0.39, 0.29) is 0 Å². The maximum Gasteiger partial charge on any atom is 0.493 e. The number of anilines is 1. The minimum absolute atomic E-state index is 0.352. The number of fused-ring (bicyclic) bond motifs is 1. The molecule has 2 aromatic rings. The van der Waals surface area contributed by atoms with Crippen molar-refractivity contribution in [1.82, 2.24) is 0 Å². The van der Waals surface area contributed by atoms with Gasteiger partial charge >= 0.3 is 7.12 Å². The lowest BCUT2D eigenvalue weighted by molar-refractivity contribution is 0.275. The Morgan fingerprint density at radius 3 is 2.83 bits per heavy atom. The largest absolute Gasteiger partial charge is 0.493 e. The van der Waals surface area contributed by atoms with Gasteiger partial charge in [0, 0.05) is 21.3 Å². The first-order chi connectivity index (χ1) is 11.5. The zero-order chi connectivity index (χ0) is 17.3. The number of benzene rings is 2. The zero-order valence-corrected chi connectivity index (χ0v) is 16.1. The molecule has 0 spiro atoms. The summed E-state index contributed by atoms with van der Waals surface area (Å²) in [6.07, 6.45) is 0. The Kier molecular flexibility index (Phi) is 5.98. The molecule has 1 aliphatic rings. The molecular formula is C15H11BCl3NO2S2. The Morgan fingerprint density at radius 2 is 2.08 bits per heavy atom. The fourth-order valence-corrected chi connectivity index (χ4v) is 4.19. The summed E-state index contributed by atoms with van der Waals surface area (Å²) in [4.78, 5) is 0. The van der Waals surface area contributed by atoms with Gasteiger partial charge in [0.25, 0.3) is 0 Å². The van der Waals surface area contributed by atoms with E-state index in [1.54, 1.807) is 12.1 Å². The summed E-state index contributed by atoms with van der Waals surface area (Å²) in [5.41, 5.74) is 3.05. The minimum Gasteiger partial charge on any atom is -0.423 e. The van der Waals surface area contributed by atoms with Crippen molar-refractivity contribution in [3.8, 4) is 0 Å². The summed E-state index contributed by atoms with van der Waals surface area (Å²) < 4.78 is 5.72. The van der Waals surface area contributed by atoms with Crippen molar-refractivity contribution in [2.45, 2.75) is 12.4 Å². The van der Waals surface area contributed by atoms with Crippen molar-refractivity contribution in [3.63, 3.8) is 0 Å². The topological polar surface area (TPSA) is 41.5 Å². The molecular weight excluding hydrogens is 407 g/mol. The molecule has 0 aliphatic carbocycles. The molecule has 0 atom stereocenters. The van der Waals surface area contributed by atoms with Crippen LogP contribution in [0.2, 0.25) is 15.1 Å². The Hall–Kier alpha value is -0.465. The lowest BCUT2D eigenvalue weighted by Gasteiger charge is -2.12. The summed E-state index contributed by atoms with van der Waals surface area (Å²) in [6, 6.07) is 9.05. The number of nitrogens with one attached hydrogen (secondary N) is 1. The highest BCUT2D eigenvalue weighted by atomic mass is 35.5. The van der Waals surface area contributed by atoms with Crippen LogP contribution in [-0.2, 0) is 17.0 Å². The Balaban J connectivity index is 1.66. The average molecular weight is 419 g/mol. The molecule has 3 nitrogen and oxygen atoms in total. The third kappa shape index (κ3) is 4.02. The predicted molar refractivity (Wildman–Crippen MR) is 108 cm³/mol. The first-order valence-corrected chi connectivity index (χ1v) is 9.47. The fourth-order valence-electron chi connectivity index (χ4n) is 2.30. The van der Waals surface area contributed by atoms with E-state index in [0.717, 1.165) is 11.1 Å². The van der Waals surface area contributed by atoms with Crippen molar-refractivity contribution >= 4 is 81.4 Å². The molecule has 0 fully saturated rings. The van der Waals surface area contributed by atoms with Gasteiger partial charge in [0.1, 0.15) is 4.32 Å². The number of hydrogen-bond donors (Lipinski definition) is 2. The van der Waals surface area contributed by atoms with Crippen LogP contribution in [0.4, 0.5) is 5.69 Å². The second kappa shape index (κ2) is 7.83.